The molecule has 1 aromatic carbocycles. The van der Waals surface area contributed by atoms with E-state index in [0.717, 1.165) is 24.4 Å². The Bertz CT molecular complexity index is 507. The molecule has 2 atom stereocenters. The number of nitrogens with one attached hydrogen (secondary N) is 1. The summed E-state index contributed by atoms with van der Waals surface area (Å²) in [4.78, 5) is 0. The van der Waals surface area contributed by atoms with E-state index < -0.39 is 0 Å². The maximum Gasteiger partial charge on any atom is 0.122 e. The van der Waals surface area contributed by atoms with E-state index in [1.54, 1.807) is 13.4 Å². The summed E-state index contributed by atoms with van der Waals surface area (Å²) in [5.41, 5.74) is 1.24. The summed E-state index contributed by atoms with van der Waals surface area (Å²) in [6.45, 7) is 4.38. The van der Waals surface area contributed by atoms with Crippen molar-refractivity contribution in [2.75, 3.05) is 7.11 Å². The molecule has 20 heavy (non-hydrogen) atoms. The third-order valence-corrected chi connectivity index (χ3v) is 3.38. The van der Waals surface area contributed by atoms with Gasteiger partial charge in [-0.2, -0.15) is 0 Å². The zero-order valence-electron chi connectivity index (χ0n) is 12.4. The van der Waals surface area contributed by atoms with Crippen molar-refractivity contribution in [2.24, 2.45) is 0 Å². The highest BCUT2D eigenvalue weighted by Crippen LogP contribution is 2.19. The summed E-state index contributed by atoms with van der Waals surface area (Å²) in [7, 11) is 1.72. The highest BCUT2D eigenvalue weighted by molar-refractivity contribution is 5.33. The number of methoxy groups -OCH3 is 1. The number of benzene rings is 1. The van der Waals surface area contributed by atoms with Crippen LogP contribution in [-0.4, -0.2) is 19.2 Å². The van der Waals surface area contributed by atoms with Crippen molar-refractivity contribution in [1.29, 1.82) is 0 Å². The molecule has 0 fully saturated rings. The molecule has 2 aromatic rings. The summed E-state index contributed by atoms with van der Waals surface area (Å²) in [5.74, 6) is 1.98. The van der Waals surface area contributed by atoms with Crippen molar-refractivity contribution in [3.05, 3.63) is 54.0 Å². The van der Waals surface area contributed by atoms with Crippen molar-refractivity contribution in [2.45, 2.75) is 38.8 Å². The van der Waals surface area contributed by atoms with Crippen LogP contribution in [-0.2, 0) is 12.8 Å². The molecule has 1 N–H and O–H groups in total. The van der Waals surface area contributed by atoms with Crippen LogP contribution < -0.4 is 10.1 Å². The van der Waals surface area contributed by atoms with E-state index in [1.165, 1.54) is 5.56 Å². The second-order valence-electron chi connectivity index (χ2n) is 5.27. The fourth-order valence-corrected chi connectivity index (χ4v) is 2.54. The van der Waals surface area contributed by atoms with Crippen LogP contribution in [0.15, 0.2) is 47.1 Å². The monoisotopic (exact) mass is 273 g/mol. The maximum atomic E-state index is 5.39. The first-order chi connectivity index (χ1) is 9.69. The second kappa shape index (κ2) is 7.15. The lowest BCUT2D eigenvalue weighted by Crippen LogP contribution is -2.37. The van der Waals surface area contributed by atoms with Gasteiger partial charge in [-0.15, -0.1) is 0 Å². The molecule has 0 spiro atoms. The summed E-state index contributed by atoms with van der Waals surface area (Å²) < 4.78 is 10.8. The zero-order chi connectivity index (χ0) is 14.4. The highest BCUT2D eigenvalue weighted by Gasteiger charge is 2.12. The van der Waals surface area contributed by atoms with E-state index in [0.29, 0.717) is 12.1 Å². The van der Waals surface area contributed by atoms with Crippen LogP contribution in [0, 0.1) is 0 Å². The van der Waals surface area contributed by atoms with Crippen LogP contribution >= 0.6 is 0 Å². The second-order valence-corrected chi connectivity index (χ2v) is 5.27. The van der Waals surface area contributed by atoms with Crippen LogP contribution in [0.1, 0.15) is 25.2 Å². The Balaban J connectivity index is 1.87. The predicted molar refractivity (Wildman–Crippen MR) is 81.2 cm³/mol. The number of hydrogen-bond donors (Lipinski definition) is 1. The lowest BCUT2D eigenvalue weighted by molar-refractivity contribution is 0.397. The van der Waals surface area contributed by atoms with Crippen molar-refractivity contribution in [3.8, 4) is 5.75 Å². The molecule has 2 unspecified atom stereocenters. The highest BCUT2D eigenvalue weighted by atomic mass is 16.5. The molecule has 1 aromatic heterocycles. The Morgan fingerprint density at radius 1 is 1.05 bits per heavy atom. The average Bonchev–Trinajstić information content (AvgIpc) is 2.91. The Kier molecular flexibility index (Phi) is 5.24. The molecule has 1 heterocycles. The van der Waals surface area contributed by atoms with Gasteiger partial charge in [-0.1, -0.05) is 18.2 Å². The SMILES string of the molecule is COc1ccccc1CC(C)NC(C)Cc1ccco1. The first kappa shape index (κ1) is 14.7. The molecule has 3 heteroatoms. The van der Waals surface area contributed by atoms with E-state index in [9.17, 15) is 0 Å². The van der Waals surface area contributed by atoms with Crippen LogP contribution in [0.3, 0.4) is 0 Å². The van der Waals surface area contributed by atoms with Gasteiger partial charge in [0.15, 0.2) is 0 Å². The molecule has 0 bridgehead atoms. The van der Waals surface area contributed by atoms with Crippen LogP contribution in [0.4, 0.5) is 0 Å². The molecule has 0 aliphatic heterocycles. The maximum absolute atomic E-state index is 5.39. The molecule has 0 amide bonds. The lowest BCUT2D eigenvalue weighted by atomic mass is 10.0. The number of para-hydroxylation sites is 1. The molecule has 0 radical (unpaired) electrons. The third kappa shape index (κ3) is 4.14. The Morgan fingerprint density at radius 2 is 1.80 bits per heavy atom. The van der Waals surface area contributed by atoms with Gasteiger partial charge in [0.2, 0.25) is 0 Å². The molecule has 0 aliphatic carbocycles. The Hall–Kier alpha value is -1.74. The van der Waals surface area contributed by atoms with Gasteiger partial charge in [-0.3, -0.25) is 0 Å². The Morgan fingerprint density at radius 3 is 2.50 bits per heavy atom. The molecule has 108 valence electrons. The fourth-order valence-electron chi connectivity index (χ4n) is 2.54. The summed E-state index contributed by atoms with van der Waals surface area (Å²) in [5, 5.41) is 3.60. The summed E-state index contributed by atoms with van der Waals surface area (Å²) >= 11 is 0. The minimum Gasteiger partial charge on any atom is -0.496 e. The van der Waals surface area contributed by atoms with Crippen LogP contribution in [0.5, 0.6) is 5.75 Å². The standard InChI is InChI=1S/C17H23NO2/c1-13(11-15-7-4-5-9-17(15)19-3)18-14(2)12-16-8-6-10-20-16/h4-10,13-14,18H,11-12H2,1-3H3. The number of furan rings is 1. The lowest BCUT2D eigenvalue weighted by Gasteiger charge is -2.20. The van der Waals surface area contributed by atoms with Gasteiger partial charge in [-0.05, 0) is 44.0 Å². The number of ether oxygens (including phenoxy) is 1. The van der Waals surface area contributed by atoms with E-state index in [2.05, 4.69) is 31.3 Å². The number of hydrogen-bond acceptors (Lipinski definition) is 3. The van der Waals surface area contributed by atoms with Crippen molar-refractivity contribution >= 4 is 0 Å². The largest absolute Gasteiger partial charge is 0.496 e. The van der Waals surface area contributed by atoms with Gasteiger partial charge >= 0.3 is 0 Å². The van der Waals surface area contributed by atoms with Gasteiger partial charge in [-0.25, -0.2) is 0 Å². The quantitative estimate of drug-likeness (QED) is 0.839. The molecule has 0 saturated carbocycles. The average molecular weight is 273 g/mol. The van der Waals surface area contributed by atoms with Crippen molar-refractivity contribution in [3.63, 3.8) is 0 Å². The molecular formula is C17H23NO2. The van der Waals surface area contributed by atoms with E-state index in [4.69, 9.17) is 9.15 Å². The number of rotatable bonds is 7. The minimum absolute atomic E-state index is 0.380. The molecular weight excluding hydrogens is 250 g/mol. The summed E-state index contributed by atoms with van der Waals surface area (Å²) in [6.07, 6.45) is 3.58. The van der Waals surface area contributed by atoms with Gasteiger partial charge < -0.3 is 14.5 Å². The third-order valence-electron chi connectivity index (χ3n) is 3.38. The van der Waals surface area contributed by atoms with Crippen molar-refractivity contribution < 1.29 is 9.15 Å². The minimum atomic E-state index is 0.380. The molecule has 0 aliphatic rings. The van der Waals surface area contributed by atoms with Gasteiger partial charge in [0.05, 0.1) is 13.4 Å². The first-order valence-electron chi connectivity index (χ1n) is 7.09. The zero-order valence-corrected chi connectivity index (χ0v) is 12.4. The topological polar surface area (TPSA) is 34.4 Å². The van der Waals surface area contributed by atoms with E-state index in [-0.39, 0.29) is 0 Å². The van der Waals surface area contributed by atoms with Gasteiger partial charge in [0, 0.05) is 18.5 Å². The fraction of sp³-hybridized carbons (Fsp3) is 0.412. The van der Waals surface area contributed by atoms with Crippen molar-refractivity contribution in [1.82, 2.24) is 5.32 Å². The Labute approximate surface area is 121 Å². The summed E-state index contributed by atoms with van der Waals surface area (Å²) in [6, 6.07) is 12.9. The normalized spacial score (nSPS) is 13.9. The van der Waals surface area contributed by atoms with E-state index >= 15 is 0 Å². The van der Waals surface area contributed by atoms with E-state index in [1.807, 2.05) is 24.3 Å². The molecule has 3 nitrogen and oxygen atoms in total. The predicted octanol–water partition coefficient (Wildman–Crippen LogP) is 3.44. The van der Waals surface area contributed by atoms with Gasteiger partial charge in [0.1, 0.15) is 11.5 Å². The van der Waals surface area contributed by atoms with Crippen LogP contribution in [0.25, 0.3) is 0 Å². The van der Waals surface area contributed by atoms with Gasteiger partial charge in [0.25, 0.3) is 0 Å². The molecule has 0 saturated heterocycles. The van der Waals surface area contributed by atoms with Crippen LogP contribution in [0.2, 0.25) is 0 Å². The first-order valence-corrected chi connectivity index (χ1v) is 7.09. The molecule has 2 rings (SSSR count). The smallest absolute Gasteiger partial charge is 0.122 e.